The summed E-state index contributed by atoms with van der Waals surface area (Å²) in [7, 11) is -7.63. The van der Waals surface area contributed by atoms with E-state index in [0.717, 1.165) is 9.75 Å². The molecule has 0 radical (unpaired) electrons. The molecule has 2 aromatic carbocycles. The van der Waals surface area contributed by atoms with Crippen molar-refractivity contribution in [2.75, 3.05) is 16.0 Å². The van der Waals surface area contributed by atoms with Crippen LogP contribution in [0.15, 0.2) is 80.5 Å². The van der Waals surface area contributed by atoms with Crippen LogP contribution in [0.1, 0.15) is 17.4 Å². The third-order valence-electron chi connectivity index (χ3n) is 6.11. The van der Waals surface area contributed by atoms with E-state index in [4.69, 9.17) is 46.4 Å². The van der Waals surface area contributed by atoms with Crippen LogP contribution in [0.25, 0.3) is 9.75 Å². The summed E-state index contributed by atoms with van der Waals surface area (Å²) in [6.07, 6.45) is 0.137. The van der Waals surface area contributed by atoms with E-state index in [1.54, 1.807) is 48.0 Å². The Morgan fingerprint density at radius 1 is 0.717 bits per heavy atom. The van der Waals surface area contributed by atoms with E-state index in [0.29, 0.717) is 43.4 Å². The van der Waals surface area contributed by atoms with E-state index in [1.165, 1.54) is 58.3 Å². The van der Waals surface area contributed by atoms with Crippen LogP contribution in [-0.2, 0) is 31.3 Å². The highest BCUT2D eigenvalue weighted by molar-refractivity contribution is 7.93. The minimum Gasteiger partial charge on any atom is -0.356 e. The Kier molecular flexibility index (Phi) is 12.5. The molecule has 0 atom stereocenters. The van der Waals surface area contributed by atoms with Gasteiger partial charge in [0.15, 0.2) is 0 Å². The smallest absolute Gasteiger partial charge is 0.263 e. The lowest BCUT2D eigenvalue weighted by Crippen LogP contribution is -2.24. The Morgan fingerprint density at radius 3 is 2.04 bits per heavy atom. The lowest BCUT2D eigenvalue weighted by molar-refractivity contribution is -0.120. The number of thiophene rings is 3. The van der Waals surface area contributed by atoms with Crippen molar-refractivity contribution in [3.63, 3.8) is 0 Å². The van der Waals surface area contributed by atoms with E-state index in [-0.39, 0.29) is 27.1 Å². The van der Waals surface area contributed by atoms with Crippen molar-refractivity contribution in [1.82, 2.24) is 5.32 Å². The SMILES string of the molecule is CCNC(=O)Cc1sccc1NS(=O)(=O)c1cccc(Cl)c1C.O=S(=O)(Nc1ccsc1-c1sccc1Cl)c1cc(Cl)ccc1Cl. The molecule has 46 heavy (non-hydrogen) atoms. The van der Waals surface area contributed by atoms with Gasteiger partial charge in [0, 0.05) is 21.5 Å². The van der Waals surface area contributed by atoms with Crippen molar-refractivity contribution in [2.24, 2.45) is 0 Å². The molecule has 17 heteroatoms. The molecule has 5 aromatic rings. The topological polar surface area (TPSA) is 121 Å². The minimum atomic E-state index is -3.86. The number of carbonyl (C=O) groups excluding carboxylic acids is 1. The van der Waals surface area contributed by atoms with Gasteiger partial charge in [0.2, 0.25) is 5.91 Å². The van der Waals surface area contributed by atoms with Gasteiger partial charge in [-0.25, -0.2) is 16.8 Å². The summed E-state index contributed by atoms with van der Waals surface area (Å²) in [5.41, 5.74) is 1.36. The van der Waals surface area contributed by atoms with Crippen LogP contribution in [0, 0.1) is 6.92 Å². The Bertz CT molecular complexity index is 2080. The average Bonchev–Trinajstić information content (AvgIpc) is 3.73. The number of amides is 1. The number of hydrogen-bond donors (Lipinski definition) is 3. The zero-order valence-electron chi connectivity index (χ0n) is 23.9. The molecule has 0 spiro atoms. The van der Waals surface area contributed by atoms with Gasteiger partial charge in [-0.15, -0.1) is 34.0 Å². The summed E-state index contributed by atoms with van der Waals surface area (Å²) in [4.78, 5) is 14.0. The van der Waals surface area contributed by atoms with Gasteiger partial charge in [0.1, 0.15) is 4.90 Å². The van der Waals surface area contributed by atoms with Crippen LogP contribution in [0.3, 0.4) is 0 Å². The molecule has 0 aliphatic heterocycles. The summed E-state index contributed by atoms with van der Waals surface area (Å²) in [6.45, 7) is 4.02. The van der Waals surface area contributed by atoms with Crippen LogP contribution in [-0.4, -0.2) is 29.3 Å². The fourth-order valence-electron chi connectivity index (χ4n) is 3.96. The van der Waals surface area contributed by atoms with Gasteiger partial charge in [-0.2, -0.15) is 0 Å². The number of carbonyl (C=O) groups is 1. The molecule has 0 saturated carbocycles. The maximum Gasteiger partial charge on any atom is 0.263 e. The molecule has 0 aliphatic carbocycles. The third kappa shape index (κ3) is 8.97. The highest BCUT2D eigenvalue weighted by Crippen LogP contribution is 2.42. The van der Waals surface area contributed by atoms with Crippen LogP contribution in [0.2, 0.25) is 20.1 Å². The van der Waals surface area contributed by atoms with E-state index in [2.05, 4.69) is 14.8 Å². The number of rotatable bonds is 10. The van der Waals surface area contributed by atoms with E-state index in [1.807, 2.05) is 12.3 Å². The molecule has 1 amide bonds. The van der Waals surface area contributed by atoms with Crippen LogP contribution >= 0.6 is 80.4 Å². The fraction of sp³-hybridized carbons (Fsp3) is 0.138. The number of nitrogens with one attached hydrogen (secondary N) is 3. The molecule has 244 valence electrons. The first-order valence-corrected chi connectivity index (χ1v) is 20.2. The molecule has 8 nitrogen and oxygen atoms in total. The molecule has 0 aliphatic rings. The zero-order valence-corrected chi connectivity index (χ0v) is 31.0. The standard InChI is InChI=1S/C15H17ClN2O3S2.C14H8Cl3NO2S3/c1-3-17-15(19)9-13-12(7-8-22-13)18-23(20,21)14-6-4-5-11(16)10(14)2;15-8-1-2-9(16)12(7-8)23(19,20)18-11-4-6-22-14(11)13-10(17)3-5-21-13/h4-8,18H,3,9H2,1-2H3,(H,17,19);1-7,18H. The Morgan fingerprint density at radius 2 is 1.35 bits per heavy atom. The van der Waals surface area contributed by atoms with Crippen molar-refractivity contribution in [3.8, 4) is 9.75 Å². The number of halogens is 4. The number of benzene rings is 2. The molecule has 3 aromatic heterocycles. The van der Waals surface area contributed by atoms with Crippen LogP contribution in [0.5, 0.6) is 0 Å². The van der Waals surface area contributed by atoms with Crippen molar-refractivity contribution >= 4 is 118 Å². The molecule has 0 unspecified atom stereocenters. The molecular weight excluding hydrogens is 772 g/mol. The van der Waals surface area contributed by atoms with E-state index >= 15 is 0 Å². The summed E-state index contributed by atoms with van der Waals surface area (Å²) in [5.74, 6) is -0.144. The van der Waals surface area contributed by atoms with Gasteiger partial charge >= 0.3 is 0 Å². The summed E-state index contributed by atoms with van der Waals surface area (Å²) < 4.78 is 55.4. The van der Waals surface area contributed by atoms with Crippen LogP contribution < -0.4 is 14.8 Å². The molecule has 3 N–H and O–H groups in total. The molecular formula is C29H25Cl4N3O5S5. The zero-order chi connectivity index (χ0) is 33.6. The van der Waals surface area contributed by atoms with Gasteiger partial charge in [0.05, 0.1) is 42.5 Å². The predicted octanol–water partition coefficient (Wildman–Crippen LogP) is 9.43. The molecule has 5 rings (SSSR count). The third-order valence-corrected chi connectivity index (χ3v) is 13.5. The summed E-state index contributed by atoms with van der Waals surface area (Å²) in [6, 6.07) is 14.1. The Hall–Kier alpha value is -2.33. The Balaban J connectivity index is 0.000000209. The first-order chi connectivity index (χ1) is 21.7. The average molecular weight is 798 g/mol. The van der Waals surface area contributed by atoms with Crippen molar-refractivity contribution < 1.29 is 21.6 Å². The van der Waals surface area contributed by atoms with Gasteiger partial charge in [-0.3, -0.25) is 14.2 Å². The maximum absolute atomic E-state index is 12.6. The summed E-state index contributed by atoms with van der Waals surface area (Å²) in [5, 5.41) is 9.46. The summed E-state index contributed by atoms with van der Waals surface area (Å²) >= 11 is 28.2. The second-order valence-electron chi connectivity index (χ2n) is 9.30. The first kappa shape index (κ1) is 36.5. The number of anilines is 2. The van der Waals surface area contributed by atoms with Gasteiger partial charge < -0.3 is 5.32 Å². The lowest BCUT2D eigenvalue weighted by Gasteiger charge is -2.11. The largest absolute Gasteiger partial charge is 0.356 e. The highest BCUT2D eigenvalue weighted by atomic mass is 35.5. The van der Waals surface area contributed by atoms with Gasteiger partial charge in [-0.05, 0) is 84.1 Å². The Labute approximate surface area is 299 Å². The number of likely N-dealkylation sites (N-methyl/N-ethyl adjacent to an activating group) is 1. The molecule has 3 heterocycles. The number of sulfonamides is 2. The lowest BCUT2D eigenvalue weighted by atomic mass is 10.2. The quantitative estimate of drug-likeness (QED) is 0.130. The molecule has 0 fully saturated rings. The highest BCUT2D eigenvalue weighted by Gasteiger charge is 2.23. The second-order valence-corrected chi connectivity index (χ2v) is 17.1. The predicted molar refractivity (Wildman–Crippen MR) is 194 cm³/mol. The minimum absolute atomic E-state index is 0.0684. The van der Waals surface area contributed by atoms with Gasteiger partial charge in [0.25, 0.3) is 20.0 Å². The molecule has 0 saturated heterocycles. The van der Waals surface area contributed by atoms with Crippen molar-refractivity contribution in [3.05, 3.63) is 101 Å². The van der Waals surface area contributed by atoms with E-state index in [9.17, 15) is 21.6 Å². The maximum atomic E-state index is 12.6. The monoisotopic (exact) mass is 795 g/mol. The fourth-order valence-corrected chi connectivity index (χ4v) is 10.6. The van der Waals surface area contributed by atoms with Crippen molar-refractivity contribution in [2.45, 2.75) is 30.1 Å². The second kappa shape index (κ2) is 15.7. The van der Waals surface area contributed by atoms with Crippen molar-refractivity contribution in [1.29, 1.82) is 0 Å². The normalized spacial score (nSPS) is 11.4. The first-order valence-electron chi connectivity index (χ1n) is 13.1. The van der Waals surface area contributed by atoms with Gasteiger partial charge in [-0.1, -0.05) is 52.5 Å². The van der Waals surface area contributed by atoms with Crippen LogP contribution in [0.4, 0.5) is 11.4 Å². The number of hydrogen-bond acceptors (Lipinski definition) is 8. The van der Waals surface area contributed by atoms with E-state index < -0.39 is 20.0 Å². The molecule has 0 bridgehead atoms.